The van der Waals surface area contributed by atoms with E-state index in [1.165, 1.54) is 30.3 Å². The van der Waals surface area contributed by atoms with Crippen LogP contribution in [0.2, 0.25) is 0 Å². The number of hydrogen-bond acceptors (Lipinski definition) is 4. The summed E-state index contributed by atoms with van der Waals surface area (Å²) in [6, 6.07) is 17.0. The van der Waals surface area contributed by atoms with Gasteiger partial charge in [0, 0.05) is 16.0 Å². The lowest BCUT2D eigenvalue weighted by Crippen LogP contribution is -2.49. The Labute approximate surface area is 158 Å². The van der Waals surface area contributed by atoms with E-state index in [4.69, 9.17) is 0 Å². The van der Waals surface area contributed by atoms with Crippen LogP contribution in [0.4, 0.5) is 8.78 Å². The topological polar surface area (TPSA) is 58.2 Å². The number of nitrogens with one attached hydrogen (secondary N) is 2. The molecule has 2 aromatic carbocycles. The average molecular weight is 386 g/mol. The van der Waals surface area contributed by atoms with Gasteiger partial charge in [-0.2, -0.15) is 8.78 Å². The first-order valence-electron chi connectivity index (χ1n) is 8.12. The van der Waals surface area contributed by atoms with E-state index >= 15 is 8.78 Å². The Morgan fingerprint density at radius 3 is 2.00 bits per heavy atom. The van der Waals surface area contributed by atoms with E-state index in [9.17, 15) is 9.59 Å². The summed E-state index contributed by atoms with van der Waals surface area (Å²) in [7, 11) is 0. The Morgan fingerprint density at radius 2 is 1.44 bits per heavy atom. The number of alkyl halides is 2. The number of benzene rings is 2. The van der Waals surface area contributed by atoms with Gasteiger partial charge < -0.3 is 0 Å². The monoisotopic (exact) mass is 386 g/mol. The van der Waals surface area contributed by atoms with E-state index in [1.54, 1.807) is 47.8 Å². The van der Waals surface area contributed by atoms with Crippen molar-refractivity contribution in [3.05, 3.63) is 94.2 Å². The van der Waals surface area contributed by atoms with Crippen molar-refractivity contribution >= 4 is 23.0 Å². The quantitative estimate of drug-likeness (QED) is 0.472. The summed E-state index contributed by atoms with van der Waals surface area (Å²) >= 11 is 1.07. The summed E-state index contributed by atoms with van der Waals surface area (Å²) in [6.45, 7) is 0. The first-order chi connectivity index (χ1) is 13.0. The molecule has 1 aromatic heterocycles. The molecule has 0 aliphatic heterocycles. The number of hydrazine groups is 1. The highest BCUT2D eigenvalue weighted by molar-refractivity contribution is 7.10. The third-order valence-electron chi connectivity index (χ3n) is 3.89. The smallest absolute Gasteiger partial charge is 0.287 e. The lowest BCUT2D eigenvalue weighted by molar-refractivity contribution is -0.0185. The largest absolute Gasteiger partial charge is 0.331 e. The molecular weight excluding hydrogens is 370 g/mol. The molecule has 0 spiro atoms. The Balaban J connectivity index is 1.83. The first-order valence-corrected chi connectivity index (χ1v) is 9.00. The highest BCUT2D eigenvalue weighted by atomic mass is 32.1. The molecule has 0 bridgehead atoms. The Kier molecular flexibility index (Phi) is 5.73. The van der Waals surface area contributed by atoms with Crippen molar-refractivity contribution in [3.8, 4) is 0 Å². The van der Waals surface area contributed by atoms with E-state index in [0.29, 0.717) is 5.56 Å². The number of carbonyl (C=O) groups is 2. The van der Waals surface area contributed by atoms with Crippen molar-refractivity contribution < 1.29 is 18.4 Å². The van der Waals surface area contributed by atoms with Gasteiger partial charge in [-0.25, -0.2) is 5.43 Å². The Bertz CT molecular complexity index is 900. The van der Waals surface area contributed by atoms with Crippen molar-refractivity contribution in [1.29, 1.82) is 0 Å². The van der Waals surface area contributed by atoms with Crippen molar-refractivity contribution in [2.45, 2.75) is 12.0 Å². The lowest BCUT2D eigenvalue weighted by atomic mass is 9.98. The third kappa shape index (κ3) is 4.27. The third-order valence-corrected chi connectivity index (χ3v) is 4.83. The van der Waals surface area contributed by atoms with Crippen LogP contribution in [0.5, 0.6) is 0 Å². The molecule has 1 amide bonds. The fourth-order valence-corrected chi connectivity index (χ4v) is 3.32. The molecule has 0 saturated carbocycles. The van der Waals surface area contributed by atoms with Crippen LogP contribution < -0.4 is 10.9 Å². The molecule has 0 radical (unpaired) electrons. The van der Waals surface area contributed by atoms with Gasteiger partial charge in [0.2, 0.25) is 5.78 Å². The zero-order valence-corrected chi connectivity index (χ0v) is 14.9. The number of rotatable bonds is 7. The van der Waals surface area contributed by atoms with Gasteiger partial charge >= 0.3 is 5.92 Å². The number of halogens is 2. The molecule has 0 fully saturated rings. The van der Waals surface area contributed by atoms with E-state index in [-0.39, 0.29) is 10.4 Å². The highest BCUT2D eigenvalue weighted by Gasteiger charge is 2.49. The van der Waals surface area contributed by atoms with Crippen molar-refractivity contribution in [3.63, 3.8) is 0 Å². The number of ketones is 1. The zero-order valence-electron chi connectivity index (χ0n) is 14.1. The van der Waals surface area contributed by atoms with Crippen LogP contribution in [0, 0.1) is 0 Å². The summed E-state index contributed by atoms with van der Waals surface area (Å²) in [4.78, 5) is 24.8. The summed E-state index contributed by atoms with van der Waals surface area (Å²) in [5.74, 6) is -5.65. The van der Waals surface area contributed by atoms with E-state index in [1.807, 2.05) is 0 Å². The number of carbonyl (C=O) groups excluding carboxylic acids is 2. The minimum Gasteiger partial charge on any atom is -0.287 e. The fraction of sp³-hybridized carbons (Fsp3) is 0.100. The minimum atomic E-state index is -3.77. The number of Topliss-reactive ketones (excluding diaryl/α,β-unsaturated/α-hetero) is 1. The van der Waals surface area contributed by atoms with Crippen LogP contribution in [-0.2, 0) is 0 Å². The normalized spacial score (nSPS) is 12.4. The van der Waals surface area contributed by atoms with Gasteiger partial charge in [-0.1, -0.05) is 54.6 Å². The summed E-state index contributed by atoms with van der Waals surface area (Å²) in [5, 5.41) is 1.63. The molecule has 7 heteroatoms. The van der Waals surface area contributed by atoms with Gasteiger partial charge in [0.05, 0.1) is 0 Å². The van der Waals surface area contributed by atoms with Crippen LogP contribution in [0.25, 0.3) is 0 Å². The zero-order chi connectivity index (χ0) is 19.3. The highest BCUT2D eigenvalue weighted by Crippen LogP contribution is 2.36. The van der Waals surface area contributed by atoms with Crippen molar-refractivity contribution in [2.75, 3.05) is 0 Å². The molecule has 2 N–H and O–H groups in total. The van der Waals surface area contributed by atoms with Gasteiger partial charge in [-0.3, -0.25) is 15.0 Å². The number of hydrogen-bond donors (Lipinski definition) is 2. The fourth-order valence-electron chi connectivity index (χ4n) is 2.51. The minimum absolute atomic E-state index is 0.0970. The summed E-state index contributed by atoms with van der Waals surface area (Å²) in [6.07, 6.45) is 0. The molecule has 0 aliphatic rings. The van der Waals surface area contributed by atoms with Crippen molar-refractivity contribution in [1.82, 2.24) is 10.9 Å². The van der Waals surface area contributed by atoms with Gasteiger partial charge in [0.1, 0.15) is 6.04 Å². The first kappa shape index (κ1) is 18.9. The van der Waals surface area contributed by atoms with E-state index in [0.717, 1.165) is 11.3 Å². The summed E-state index contributed by atoms with van der Waals surface area (Å²) < 4.78 is 30.1. The van der Waals surface area contributed by atoms with Crippen LogP contribution in [-0.4, -0.2) is 17.6 Å². The molecule has 0 aliphatic carbocycles. The standard InChI is InChI=1S/C20H16F2N2O2S/c21-20(22,18(25)14-8-3-1-4-9-14)17(16-12-7-13-27-16)23-24-19(26)15-10-5-2-6-11-15/h1-13,17,23H,(H,24,26)/t17-/m0/s1. The van der Waals surface area contributed by atoms with Crippen LogP contribution in [0.3, 0.4) is 0 Å². The Morgan fingerprint density at radius 1 is 0.852 bits per heavy atom. The molecule has 0 saturated heterocycles. The van der Waals surface area contributed by atoms with Gasteiger partial charge in [-0.05, 0) is 23.6 Å². The molecule has 1 atom stereocenters. The van der Waals surface area contributed by atoms with Crippen LogP contribution in [0.15, 0.2) is 78.2 Å². The maximum absolute atomic E-state index is 15.0. The van der Waals surface area contributed by atoms with E-state index < -0.39 is 23.7 Å². The maximum Gasteiger partial charge on any atom is 0.331 e. The van der Waals surface area contributed by atoms with E-state index in [2.05, 4.69) is 10.9 Å². The predicted octanol–water partition coefficient (Wildman–Crippen LogP) is 4.24. The Hall–Kier alpha value is -2.90. The molecule has 4 nitrogen and oxygen atoms in total. The number of thiophene rings is 1. The molecule has 3 aromatic rings. The second kappa shape index (κ2) is 8.20. The van der Waals surface area contributed by atoms with Gasteiger partial charge in [0.25, 0.3) is 5.91 Å². The molecule has 1 heterocycles. The van der Waals surface area contributed by atoms with Gasteiger partial charge in [-0.15, -0.1) is 11.3 Å². The van der Waals surface area contributed by atoms with Crippen molar-refractivity contribution in [2.24, 2.45) is 0 Å². The molecule has 3 rings (SSSR count). The predicted molar refractivity (Wildman–Crippen MR) is 99.8 cm³/mol. The molecule has 27 heavy (non-hydrogen) atoms. The SMILES string of the molecule is O=C(NN[C@@H](c1cccs1)C(F)(F)C(=O)c1ccccc1)c1ccccc1. The number of amides is 1. The second-order valence-electron chi connectivity index (χ2n) is 5.73. The molecule has 138 valence electrons. The second-order valence-corrected chi connectivity index (χ2v) is 6.71. The maximum atomic E-state index is 15.0. The van der Waals surface area contributed by atoms with Crippen LogP contribution in [0.1, 0.15) is 31.6 Å². The molecule has 0 unspecified atom stereocenters. The van der Waals surface area contributed by atoms with Gasteiger partial charge in [0.15, 0.2) is 0 Å². The lowest BCUT2D eigenvalue weighted by Gasteiger charge is -2.26. The van der Waals surface area contributed by atoms with Crippen LogP contribution >= 0.6 is 11.3 Å². The summed E-state index contributed by atoms with van der Waals surface area (Å²) in [5.41, 5.74) is 4.85. The average Bonchev–Trinajstić information content (AvgIpc) is 3.23. The molecular formula is C20H16F2N2O2S.